The summed E-state index contributed by atoms with van der Waals surface area (Å²) in [5.74, 6) is -4.00. The van der Waals surface area contributed by atoms with Gasteiger partial charge >= 0.3 is 42.0 Å². The number of hydrogen-bond donors (Lipinski definition) is 0. The lowest BCUT2D eigenvalue weighted by Crippen LogP contribution is -2.68. The molecule has 0 radical (unpaired) electrons. The van der Waals surface area contributed by atoms with E-state index >= 15 is 0 Å². The first-order valence-corrected chi connectivity index (χ1v) is 7.86. The molecule has 1 aromatic carbocycles. The lowest BCUT2D eigenvalue weighted by molar-refractivity contribution is -0.428. The summed E-state index contributed by atoms with van der Waals surface area (Å²) in [7, 11) is 0. The molecular formula is C15H6F15NO2. The lowest BCUT2D eigenvalue weighted by Gasteiger charge is -2.45. The van der Waals surface area contributed by atoms with Crippen LogP contribution in [0.25, 0.3) is 0 Å². The third-order valence-electron chi connectivity index (χ3n) is 4.19. The number of nitrogens with zero attached hydrogens (tertiary/aromatic N) is 1. The van der Waals surface area contributed by atoms with Crippen LogP contribution >= 0.6 is 0 Å². The van der Waals surface area contributed by atoms with Crippen LogP contribution in [0.5, 0.6) is 0 Å². The first kappa shape index (κ1) is 26.8. The summed E-state index contributed by atoms with van der Waals surface area (Å²) in [5, 5.41) is 0. The third-order valence-corrected chi connectivity index (χ3v) is 4.19. The molecule has 0 bridgehead atoms. The van der Waals surface area contributed by atoms with Crippen LogP contribution in [0.3, 0.4) is 0 Å². The van der Waals surface area contributed by atoms with E-state index in [9.17, 15) is 65.9 Å². The average Bonchev–Trinajstić information content (AvgIpc) is 2.56. The maximum atomic E-state index is 13.4. The smallest absolute Gasteiger partial charge is 0.446 e. The fourth-order valence-electron chi connectivity index (χ4n) is 2.66. The molecule has 1 unspecified atom stereocenters. The van der Waals surface area contributed by atoms with Crippen molar-refractivity contribution in [2.75, 3.05) is 0 Å². The zero-order valence-electron chi connectivity index (χ0n) is 14.9. The van der Waals surface area contributed by atoms with Crippen LogP contribution in [0.4, 0.5) is 65.9 Å². The van der Waals surface area contributed by atoms with Crippen molar-refractivity contribution in [3.05, 3.63) is 35.9 Å². The van der Waals surface area contributed by atoms with Gasteiger partial charge in [0.2, 0.25) is 12.2 Å². The Bertz CT molecular complexity index is 826. The molecule has 0 amide bonds. The van der Waals surface area contributed by atoms with Crippen molar-refractivity contribution in [1.82, 2.24) is 0 Å². The number of ether oxygens (including phenoxy) is 2. The molecule has 0 saturated carbocycles. The van der Waals surface area contributed by atoms with E-state index in [4.69, 9.17) is 0 Å². The van der Waals surface area contributed by atoms with Crippen LogP contribution in [0, 0.1) is 5.41 Å². The van der Waals surface area contributed by atoms with Crippen molar-refractivity contribution in [3.63, 3.8) is 0 Å². The van der Waals surface area contributed by atoms with Gasteiger partial charge < -0.3 is 4.74 Å². The Morgan fingerprint density at radius 2 is 1.03 bits per heavy atom. The van der Waals surface area contributed by atoms with E-state index in [-0.39, 0.29) is 0 Å². The molecule has 188 valence electrons. The fraction of sp³-hybridized carbons (Fsp3) is 0.533. The Morgan fingerprint density at radius 1 is 0.636 bits per heavy atom. The van der Waals surface area contributed by atoms with Gasteiger partial charge in [-0.05, 0) is 0 Å². The van der Waals surface area contributed by atoms with E-state index in [1.165, 1.54) is 4.99 Å². The predicted molar refractivity (Wildman–Crippen MR) is 74.2 cm³/mol. The number of aliphatic imine (C=N–C) groups is 1. The number of rotatable bonds is 2. The van der Waals surface area contributed by atoms with Crippen LogP contribution in [-0.4, -0.2) is 42.5 Å². The van der Waals surface area contributed by atoms with Crippen LogP contribution in [0.1, 0.15) is 11.9 Å². The van der Waals surface area contributed by atoms with Crippen molar-refractivity contribution in [3.8, 4) is 0 Å². The maximum Gasteiger partial charge on any atom is 0.448 e. The van der Waals surface area contributed by atoms with Crippen LogP contribution < -0.4 is 0 Å². The minimum absolute atomic E-state index is 0.515. The van der Waals surface area contributed by atoms with Gasteiger partial charge in [-0.25, -0.2) is 4.99 Å². The van der Waals surface area contributed by atoms with Crippen molar-refractivity contribution >= 4 is 5.90 Å². The zero-order chi connectivity index (χ0) is 25.9. The second kappa shape index (κ2) is 7.56. The van der Waals surface area contributed by atoms with Gasteiger partial charge in [0.1, 0.15) is 0 Å². The highest BCUT2D eigenvalue weighted by molar-refractivity contribution is 5.86. The Kier molecular flexibility index (Phi) is 6.15. The van der Waals surface area contributed by atoms with Gasteiger partial charge in [-0.15, -0.1) is 0 Å². The molecule has 0 saturated heterocycles. The largest absolute Gasteiger partial charge is 0.448 e. The fourth-order valence-corrected chi connectivity index (χ4v) is 2.66. The van der Waals surface area contributed by atoms with Crippen molar-refractivity contribution in [2.45, 2.75) is 42.9 Å². The number of halogens is 15. The van der Waals surface area contributed by atoms with Crippen molar-refractivity contribution in [1.29, 1.82) is 0 Å². The molecule has 1 aliphatic rings. The normalized spacial score (nSPS) is 20.8. The predicted octanol–water partition coefficient (Wildman–Crippen LogP) is 6.62. The number of alkyl halides is 15. The zero-order valence-corrected chi connectivity index (χ0v) is 14.9. The lowest BCUT2D eigenvalue weighted by atomic mass is 9.84. The summed E-state index contributed by atoms with van der Waals surface area (Å²) in [5.41, 5.74) is -14.7. The summed E-state index contributed by atoms with van der Waals surface area (Å²) in [4.78, 5) is 1.17. The molecule has 18 heteroatoms. The van der Waals surface area contributed by atoms with Crippen LogP contribution in [0.2, 0.25) is 0 Å². The second-order valence-electron chi connectivity index (χ2n) is 6.28. The number of benzene rings is 1. The highest BCUT2D eigenvalue weighted by Crippen LogP contribution is 2.63. The van der Waals surface area contributed by atoms with E-state index < -0.39 is 59.8 Å². The van der Waals surface area contributed by atoms with E-state index in [0.717, 1.165) is 18.2 Å². The topological polar surface area (TPSA) is 30.8 Å². The molecule has 0 aromatic heterocycles. The Morgan fingerprint density at radius 3 is 1.36 bits per heavy atom. The van der Waals surface area contributed by atoms with Crippen LogP contribution in [0.15, 0.2) is 35.3 Å². The monoisotopic (exact) mass is 517 g/mol. The molecule has 0 fully saturated rings. The summed E-state index contributed by atoms with van der Waals surface area (Å²) < 4.78 is 208. The van der Waals surface area contributed by atoms with E-state index in [1.54, 1.807) is 0 Å². The van der Waals surface area contributed by atoms with E-state index in [0.29, 0.717) is 12.1 Å². The first-order valence-electron chi connectivity index (χ1n) is 7.86. The molecule has 1 atom stereocenters. The molecule has 3 nitrogen and oxygen atoms in total. The van der Waals surface area contributed by atoms with Crippen molar-refractivity contribution < 1.29 is 75.3 Å². The van der Waals surface area contributed by atoms with Gasteiger partial charge in [-0.1, -0.05) is 30.3 Å². The molecular weight excluding hydrogens is 511 g/mol. The minimum atomic E-state index is -7.61. The second-order valence-corrected chi connectivity index (χ2v) is 6.28. The van der Waals surface area contributed by atoms with Gasteiger partial charge in [0.25, 0.3) is 0 Å². The molecule has 2 rings (SSSR count). The molecule has 1 heterocycles. The SMILES string of the molecule is FC(F)(F)C1(C(F)(F)F)N=C(C(C(F)(F)F)(C(F)(F)F)C(F)(F)F)OC(c2ccccc2)O1. The van der Waals surface area contributed by atoms with E-state index in [1.807, 2.05) is 0 Å². The summed E-state index contributed by atoms with van der Waals surface area (Å²) >= 11 is 0. The summed E-state index contributed by atoms with van der Waals surface area (Å²) in [6, 6.07) is 3.72. The Labute approximate surface area is 171 Å². The molecule has 0 spiro atoms. The van der Waals surface area contributed by atoms with Gasteiger partial charge in [-0.3, -0.25) is 4.74 Å². The van der Waals surface area contributed by atoms with Gasteiger partial charge in [0.05, 0.1) is 0 Å². The molecule has 1 aliphatic heterocycles. The first-order chi connectivity index (χ1) is 14.5. The highest BCUT2D eigenvalue weighted by Gasteiger charge is 2.89. The van der Waals surface area contributed by atoms with Gasteiger partial charge in [0, 0.05) is 5.56 Å². The molecule has 1 aromatic rings. The van der Waals surface area contributed by atoms with Gasteiger partial charge in [-0.2, -0.15) is 65.9 Å². The third kappa shape index (κ3) is 4.05. The summed E-state index contributed by atoms with van der Waals surface area (Å²) in [6.07, 6.45) is -40.3. The van der Waals surface area contributed by atoms with Gasteiger partial charge in [0.15, 0.2) is 0 Å². The maximum absolute atomic E-state index is 13.4. The number of hydrogen-bond acceptors (Lipinski definition) is 3. The highest BCUT2D eigenvalue weighted by atomic mass is 19.4. The Balaban J connectivity index is 3.05. The standard InChI is InChI=1S/C15H6F15NO2/c16-11(17,18)9(12(19,20)21,13(22,23)24)8-31-10(14(25,26)27,15(28,29)30)33-7(32-8)6-4-2-1-3-5-6/h1-5,7H. The molecule has 0 aliphatic carbocycles. The Hall–Kier alpha value is -2.40. The van der Waals surface area contributed by atoms with Crippen LogP contribution in [-0.2, 0) is 9.47 Å². The molecule has 33 heavy (non-hydrogen) atoms. The minimum Gasteiger partial charge on any atom is -0.446 e. The average molecular weight is 517 g/mol. The summed E-state index contributed by atoms with van der Waals surface area (Å²) in [6.45, 7) is 0. The quantitative estimate of drug-likeness (QED) is 0.413. The van der Waals surface area contributed by atoms with Crippen molar-refractivity contribution in [2.24, 2.45) is 10.4 Å². The molecule has 0 N–H and O–H groups in total. The van der Waals surface area contributed by atoms with E-state index in [2.05, 4.69) is 9.47 Å².